The van der Waals surface area contributed by atoms with E-state index >= 15 is 0 Å². The summed E-state index contributed by atoms with van der Waals surface area (Å²) in [5.74, 6) is 2.26. The Morgan fingerprint density at radius 3 is 2.82 bits per heavy atom. The highest BCUT2D eigenvalue weighted by Gasteiger charge is 2.31. The number of rotatable bonds is 5. The normalized spacial score (nSPS) is 22.0. The third-order valence-electron chi connectivity index (χ3n) is 4.67. The highest BCUT2D eigenvalue weighted by atomic mass is 32.1. The fourth-order valence-electron chi connectivity index (χ4n) is 3.01. The summed E-state index contributed by atoms with van der Waals surface area (Å²) in [5.41, 5.74) is 0. The van der Waals surface area contributed by atoms with Crippen LogP contribution in [0.3, 0.4) is 0 Å². The molecule has 0 unspecified atom stereocenters. The fourth-order valence-corrected chi connectivity index (χ4v) is 3.76. The second-order valence-corrected chi connectivity index (χ2v) is 7.36. The molecule has 22 heavy (non-hydrogen) atoms. The van der Waals surface area contributed by atoms with Crippen molar-refractivity contribution < 1.29 is 4.52 Å². The van der Waals surface area contributed by atoms with Gasteiger partial charge in [0.1, 0.15) is 0 Å². The van der Waals surface area contributed by atoms with E-state index in [9.17, 15) is 0 Å². The van der Waals surface area contributed by atoms with Crippen molar-refractivity contribution in [2.75, 3.05) is 26.2 Å². The lowest BCUT2D eigenvalue weighted by Crippen LogP contribution is -2.46. The molecule has 2 fully saturated rings. The fraction of sp³-hybridized carbons (Fsp3) is 0.625. The van der Waals surface area contributed by atoms with Crippen LogP contribution in [0.15, 0.2) is 22.0 Å². The molecule has 4 rings (SSSR count). The summed E-state index contributed by atoms with van der Waals surface area (Å²) in [4.78, 5) is 11.0. The van der Waals surface area contributed by atoms with E-state index in [1.54, 1.807) is 0 Å². The van der Waals surface area contributed by atoms with Crippen LogP contribution in [-0.2, 0) is 6.54 Å². The largest absolute Gasteiger partial charge is 0.338 e. The molecule has 1 atom stereocenters. The zero-order valence-electron chi connectivity index (χ0n) is 12.9. The Labute approximate surface area is 134 Å². The van der Waals surface area contributed by atoms with Crippen LogP contribution in [0.5, 0.6) is 0 Å². The van der Waals surface area contributed by atoms with Crippen LogP contribution < -0.4 is 0 Å². The topological polar surface area (TPSA) is 45.4 Å². The van der Waals surface area contributed by atoms with E-state index in [4.69, 9.17) is 4.52 Å². The van der Waals surface area contributed by atoms with Crippen molar-refractivity contribution in [3.05, 3.63) is 34.1 Å². The van der Waals surface area contributed by atoms with Crippen LogP contribution in [0.2, 0.25) is 0 Å². The zero-order chi connectivity index (χ0) is 14.9. The van der Waals surface area contributed by atoms with Gasteiger partial charge in [-0.25, -0.2) is 0 Å². The SMILES string of the molecule is C[C@@H](c1nc(C2CC2)no1)N1CCN(Cc2cccs2)CC1. The lowest BCUT2D eigenvalue weighted by Gasteiger charge is -2.36. The molecule has 1 saturated carbocycles. The van der Waals surface area contributed by atoms with Gasteiger partial charge in [-0.05, 0) is 31.2 Å². The van der Waals surface area contributed by atoms with Gasteiger partial charge < -0.3 is 4.52 Å². The highest BCUT2D eigenvalue weighted by Crippen LogP contribution is 2.38. The number of nitrogens with zero attached hydrogens (tertiary/aromatic N) is 4. The van der Waals surface area contributed by atoms with Gasteiger partial charge in [0.15, 0.2) is 5.82 Å². The Morgan fingerprint density at radius 1 is 1.32 bits per heavy atom. The minimum absolute atomic E-state index is 0.226. The van der Waals surface area contributed by atoms with Crippen molar-refractivity contribution in [3.8, 4) is 0 Å². The van der Waals surface area contributed by atoms with Crippen LogP contribution >= 0.6 is 11.3 Å². The van der Waals surface area contributed by atoms with Gasteiger partial charge in [-0.15, -0.1) is 11.3 Å². The van der Waals surface area contributed by atoms with E-state index in [-0.39, 0.29) is 6.04 Å². The van der Waals surface area contributed by atoms with E-state index in [2.05, 4.69) is 44.4 Å². The second kappa shape index (κ2) is 6.10. The molecule has 0 spiro atoms. The van der Waals surface area contributed by atoms with Crippen molar-refractivity contribution >= 4 is 11.3 Å². The Kier molecular flexibility index (Phi) is 3.98. The molecule has 118 valence electrons. The molecule has 3 heterocycles. The molecule has 2 aliphatic rings. The van der Waals surface area contributed by atoms with Gasteiger partial charge in [0, 0.05) is 43.5 Å². The lowest BCUT2D eigenvalue weighted by atomic mass is 10.2. The second-order valence-electron chi connectivity index (χ2n) is 6.33. The van der Waals surface area contributed by atoms with Crippen LogP contribution in [0.4, 0.5) is 0 Å². The third kappa shape index (κ3) is 3.09. The van der Waals surface area contributed by atoms with Gasteiger partial charge in [-0.3, -0.25) is 9.80 Å². The molecule has 0 radical (unpaired) electrons. The molecule has 0 amide bonds. The van der Waals surface area contributed by atoms with Crippen molar-refractivity contribution in [1.29, 1.82) is 0 Å². The first-order valence-electron chi connectivity index (χ1n) is 8.12. The summed E-state index contributed by atoms with van der Waals surface area (Å²) in [7, 11) is 0. The Bertz CT molecular complexity index is 599. The number of piperazine rings is 1. The average Bonchev–Trinajstić information content (AvgIpc) is 3.06. The molecule has 1 aliphatic carbocycles. The van der Waals surface area contributed by atoms with Gasteiger partial charge >= 0.3 is 0 Å². The number of aromatic nitrogens is 2. The minimum atomic E-state index is 0.226. The molecule has 1 saturated heterocycles. The van der Waals surface area contributed by atoms with E-state index in [0.29, 0.717) is 5.92 Å². The Morgan fingerprint density at radius 2 is 2.14 bits per heavy atom. The highest BCUT2D eigenvalue weighted by molar-refractivity contribution is 7.09. The van der Waals surface area contributed by atoms with Crippen molar-refractivity contribution in [2.45, 2.75) is 38.3 Å². The molecular weight excluding hydrogens is 296 g/mol. The summed E-state index contributed by atoms with van der Waals surface area (Å²) >= 11 is 1.84. The summed E-state index contributed by atoms with van der Waals surface area (Å²) in [6.45, 7) is 7.59. The quantitative estimate of drug-likeness (QED) is 0.848. The Hall–Kier alpha value is -1.24. The van der Waals surface area contributed by atoms with Crippen molar-refractivity contribution in [2.24, 2.45) is 0 Å². The monoisotopic (exact) mass is 318 g/mol. The van der Waals surface area contributed by atoms with Crippen LogP contribution in [0.1, 0.15) is 48.3 Å². The predicted octanol–water partition coefficient (Wildman–Crippen LogP) is 2.89. The minimum Gasteiger partial charge on any atom is -0.338 e. The molecule has 6 heteroatoms. The molecule has 2 aromatic heterocycles. The first-order chi connectivity index (χ1) is 10.8. The van der Waals surface area contributed by atoms with Gasteiger partial charge in [0.2, 0.25) is 5.89 Å². The number of hydrogen-bond donors (Lipinski definition) is 0. The molecule has 5 nitrogen and oxygen atoms in total. The Balaban J connectivity index is 1.32. The van der Waals surface area contributed by atoms with Gasteiger partial charge in [-0.2, -0.15) is 4.98 Å². The van der Waals surface area contributed by atoms with E-state index in [0.717, 1.165) is 44.4 Å². The maximum Gasteiger partial charge on any atom is 0.243 e. The molecule has 2 aromatic rings. The maximum absolute atomic E-state index is 5.48. The molecular formula is C16H22N4OS. The summed E-state index contributed by atoms with van der Waals surface area (Å²) in [6, 6.07) is 4.58. The summed E-state index contributed by atoms with van der Waals surface area (Å²) in [6.07, 6.45) is 2.43. The van der Waals surface area contributed by atoms with Gasteiger partial charge in [0.05, 0.1) is 6.04 Å². The predicted molar refractivity (Wildman–Crippen MR) is 85.9 cm³/mol. The van der Waals surface area contributed by atoms with Gasteiger partial charge in [-0.1, -0.05) is 11.2 Å². The molecule has 0 N–H and O–H groups in total. The average molecular weight is 318 g/mol. The van der Waals surface area contributed by atoms with Crippen molar-refractivity contribution in [1.82, 2.24) is 19.9 Å². The van der Waals surface area contributed by atoms with Crippen LogP contribution in [-0.4, -0.2) is 46.1 Å². The zero-order valence-corrected chi connectivity index (χ0v) is 13.8. The standard InChI is InChI=1S/C16H22N4OS/c1-12(16-17-15(18-21-16)13-4-5-13)20-8-6-19(7-9-20)11-14-3-2-10-22-14/h2-3,10,12-13H,4-9,11H2,1H3/t12-/m0/s1. The molecule has 0 bridgehead atoms. The van der Waals surface area contributed by atoms with Gasteiger partial charge in [0.25, 0.3) is 0 Å². The van der Waals surface area contributed by atoms with Crippen LogP contribution in [0, 0.1) is 0 Å². The first-order valence-corrected chi connectivity index (χ1v) is 9.00. The van der Waals surface area contributed by atoms with E-state index in [1.807, 2.05) is 11.3 Å². The van der Waals surface area contributed by atoms with Crippen LogP contribution in [0.25, 0.3) is 0 Å². The molecule has 0 aromatic carbocycles. The summed E-state index contributed by atoms with van der Waals surface area (Å²) < 4.78 is 5.48. The van der Waals surface area contributed by atoms with E-state index < -0.39 is 0 Å². The van der Waals surface area contributed by atoms with Crippen molar-refractivity contribution in [3.63, 3.8) is 0 Å². The van der Waals surface area contributed by atoms with E-state index in [1.165, 1.54) is 17.7 Å². The first kappa shape index (κ1) is 14.4. The smallest absolute Gasteiger partial charge is 0.243 e. The summed E-state index contributed by atoms with van der Waals surface area (Å²) in [5, 5.41) is 6.29. The number of thiophene rings is 1. The lowest BCUT2D eigenvalue weighted by molar-refractivity contribution is 0.0850. The number of hydrogen-bond acceptors (Lipinski definition) is 6. The third-order valence-corrected chi connectivity index (χ3v) is 5.53. The molecule has 1 aliphatic heterocycles. The maximum atomic E-state index is 5.48.